The van der Waals surface area contributed by atoms with Gasteiger partial charge in [-0.3, -0.25) is 14.4 Å². The average Bonchev–Trinajstić information content (AvgIpc) is 3.06. The minimum absolute atomic E-state index is 0.0919. The molecule has 6 nitrogen and oxygen atoms in total. The van der Waals surface area contributed by atoms with Crippen LogP contribution in [-0.4, -0.2) is 37.0 Å². The molecule has 1 N–H and O–H groups in total. The number of nitrogens with zero attached hydrogens (tertiary/aromatic N) is 1. The molecule has 3 atom stereocenters. The van der Waals surface area contributed by atoms with Gasteiger partial charge >= 0.3 is 5.97 Å². The first-order valence-corrected chi connectivity index (χ1v) is 9.37. The molecule has 146 valence electrons. The van der Waals surface area contributed by atoms with Gasteiger partial charge in [0.05, 0.1) is 5.92 Å². The molecule has 27 heavy (non-hydrogen) atoms. The van der Waals surface area contributed by atoms with E-state index in [0.717, 1.165) is 17.7 Å². The van der Waals surface area contributed by atoms with Gasteiger partial charge in [0, 0.05) is 25.2 Å². The summed E-state index contributed by atoms with van der Waals surface area (Å²) in [7, 11) is 0. The van der Waals surface area contributed by atoms with E-state index in [1.54, 1.807) is 11.0 Å². The van der Waals surface area contributed by atoms with Crippen molar-refractivity contribution in [3.8, 4) is 0 Å². The summed E-state index contributed by atoms with van der Waals surface area (Å²) >= 11 is 0. The molecule has 1 aromatic rings. The highest BCUT2D eigenvalue weighted by Crippen LogP contribution is 2.33. The number of anilines is 1. The zero-order chi connectivity index (χ0) is 20.0. The highest BCUT2D eigenvalue weighted by atomic mass is 16.5. The number of benzene rings is 1. The van der Waals surface area contributed by atoms with Crippen LogP contribution >= 0.6 is 0 Å². The van der Waals surface area contributed by atoms with E-state index in [4.69, 9.17) is 4.74 Å². The van der Waals surface area contributed by atoms with Gasteiger partial charge in [-0.25, -0.2) is 0 Å². The smallest absolute Gasteiger partial charge is 0.312 e. The lowest BCUT2D eigenvalue weighted by Crippen LogP contribution is -2.37. The predicted octanol–water partition coefficient (Wildman–Crippen LogP) is 2.79. The number of ether oxygens (including phenoxy) is 1. The molecule has 0 aliphatic carbocycles. The van der Waals surface area contributed by atoms with Crippen LogP contribution in [0.25, 0.3) is 0 Å². The largest absolute Gasteiger partial charge is 0.452 e. The average molecular weight is 372 g/mol. The van der Waals surface area contributed by atoms with Crippen molar-refractivity contribution < 1.29 is 19.1 Å². The van der Waals surface area contributed by atoms with Crippen LogP contribution in [0.15, 0.2) is 36.9 Å². The molecular weight excluding hydrogens is 344 g/mol. The molecule has 6 heteroatoms. The Hall–Kier alpha value is -2.63. The van der Waals surface area contributed by atoms with Crippen molar-refractivity contribution in [1.29, 1.82) is 0 Å². The summed E-state index contributed by atoms with van der Waals surface area (Å²) in [6, 6.07) is 7.79. The lowest BCUT2D eigenvalue weighted by Gasteiger charge is -2.23. The van der Waals surface area contributed by atoms with Gasteiger partial charge in [-0.1, -0.05) is 38.1 Å². The molecule has 0 bridgehead atoms. The van der Waals surface area contributed by atoms with Gasteiger partial charge in [0.15, 0.2) is 6.10 Å². The molecule has 2 amide bonds. The van der Waals surface area contributed by atoms with Gasteiger partial charge in [0.1, 0.15) is 0 Å². The molecule has 1 aliphatic heterocycles. The fourth-order valence-corrected chi connectivity index (χ4v) is 3.11. The number of carbonyl (C=O) groups excluding carboxylic acids is 3. The molecule has 0 spiro atoms. The number of para-hydroxylation sites is 1. The summed E-state index contributed by atoms with van der Waals surface area (Å²) in [4.78, 5) is 38.5. The number of nitrogens with one attached hydrogen (secondary N) is 1. The number of hydrogen-bond acceptors (Lipinski definition) is 4. The van der Waals surface area contributed by atoms with E-state index in [-0.39, 0.29) is 24.8 Å². The van der Waals surface area contributed by atoms with Crippen molar-refractivity contribution >= 4 is 23.5 Å². The van der Waals surface area contributed by atoms with Crippen LogP contribution < -0.4 is 10.2 Å². The standard InChI is InChI=1S/C21H28N2O4/c1-5-11-22-20(25)15(4)27-21(26)16-12-19(24)23(13-16)18-10-8-7-9-17(18)14(3)6-2/h5,7-10,14-16H,1,6,11-13H2,2-4H3,(H,22,25)/t14-,15+,16+/m1/s1. The monoisotopic (exact) mass is 372 g/mol. The molecule has 0 unspecified atom stereocenters. The van der Waals surface area contributed by atoms with Crippen LogP contribution in [0.5, 0.6) is 0 Å². The van der Waals surface area contributed by atoms with Crippen molar-refractivity contribution in [3.63, 3.8) is 0 Å². The van der Waals surface area contributed by atoms with Gasteiger partial charge in [-0.15, -0.1) is 6.58 Å². The Kier molecular flexibility index (Phi) is 7.16. The third kappa shape index (κ3) is 4.96. The van der Waals surface area contributed by atoms with Crippen molar-refractivity contribution in [3.05, 3.63) is 42.5 Å². The van der Waals surface area contributed by atoms with E-state index in [2.05, 4.69) is 25.7 Å². The topological polar surface area (TPSA) is 75.7 Å². The molecule has 0 saturated carbocycles. The molecule has 2 rings (SSSR count). The Bertz CT molecular complexity index is 716. The number of carbonyl (C=O) groups is 3. The summed E-state index contributed by atoms with van der Waals surface area (Å²) in [5.41, 5.74) is 1.95. The highest BCUT2D eigenvalue weighted by molar-refractivity contribution is 6.00. The Labute approximate surface area is 160 Å². The van der Waals surface area contributed by atoms with Gasteiger partial charge in [0.2, 0.25) is 5.91 Å². The molecule has 1 fully saturated rings. The van der Waals surface area contributed by atoms with Crippen molar-refractivity contribution in [2.75, 3.05) is 18.0 Å². The number of esters is 1. The molecule has 1 aromatic carbocycles. The first-order chi connectivity index (χ1) is 12.9. The molecule has 1 saturated heterocycles. The van der Waals surface area contributed by atoms with Gasteiger partial charge in [-0.05, 0) is 30.9 Å². The van der Waals surface area contributed by atoms with Crippen LogP contribution in [0, 0.1) is 5.92 Å². The molecule has 0 radical (unpaired) electrons. The predicted molar refractivity (Wildman–Crippen MR) is 104 cm³/mol. The minimum atomic E-state index is -0.908. The van der Waals surface area contributed by atoms with Crippen LogP contribution in [0.4, 0.5) is 5.69 Å². The number of amides is 2. The molecule has 0 aromatic heterocycles. The van der Waals surface area contributed by atoms with Gasteiger partial charge < -0.3 is 15.0 Å². The van der Waals surface area contributed by atoms with Gasteiger partial charge in [0.25, 0.3) is 5.91 Å². The maximum absolute atomic E-state index is 12.5. The van der Waals surface area contributed by atoms with Crippen LogP contribution in [0.2, 0.25) is 0 Å². The lowest BCUT2D eigenvalue weighted by atomic mass is 9.96. The first-order valence-electron chi connectivity index (χ1n) is 9.37. The fourth-order valence-electron chi connectivity index (χ4n) is 3.11. The van der Waals surface area contributed by atoms with E-state index in [9.17, 15) is 14.4 Å². The van der Waals surface area contributed by atoms with Crippen LogP contribution in [0.3, 0.4) is 0 Å². The fraction of sp³-hybridized carbons (Fsp3) is 0.476. The van der Waals surface area contributed by atoms with Crippen LogP contribution in [0.1, 0.15) is 45.1 Å². The van der Waals surface area contributed by atoms with Crippen molar-refractivity contribution in [2.45, 2.75) is 45.6 Å². The maximum atomic E-state index is 12.5. The zero-order valence-electron chi connectivity index (χ0n) is 16.2. The lowest BCUT2D eigenvalue weighted by molar-refractivity contribution is -0.158. The Morgan fingerprint density at radius 1 is 1.37 bits per heavy atom. The second-order valence-corrected chi connectivity index (χ2v) is 6.89. The number of hydrogen-bond donors (Lipinski definition) is 1. The third-order valence-electron chi connectivity index (χ3n) is 4.91. The SMILES string of the molecule is C=CCNC(=O)[C@H](C)OC(=O)[C@H]1CC(=O)N(c2ccccc2[C@H](C)CC)C1. The van der Waals surface area contributed by atoms with E-state index < -0.39 is 18.0 Å². The first kappa shape index (κ1) is 20.7. The second kappa shape index (κ2) is 9.35. The van der Waals surface area contributed by atoms with Crippen molar-refractivity contribution in [1.82, 2.24) is 5.32 Å². The summed E-state index contributed by atoms with van der Waals surface area (Å²) in [6.07, 6.45) is 1.69. The summed E-state index contributed by atoms with van der Waals surface area (Å²) in [5, 5.41) is 2.59. The third-order valence-corrected chi connectivity index (χ3v) is 4.91. The summed E-state index contributed by atoms with van der Waals surface area (Å²) in [5.74, 6) is -1.26. The van der Waals surface area contributed by atoms with Gasteiger partial charge in [-0.2, -0.15) is 0 Å². The van der Waals surface area contributed by atoms with Crippen molar-refractivity contribution in [2.24, 2.45) is 5.92 Å². The molecule has 1 heterocycles. The minimum Gasteiger partial charge on any atom is -0.452 e. The molecular formula is C21H28N2O4. The second-order valence-electron chi connectivity index (χ2n) is 6.89. The highest BCUT2D eigenvalue weighted by Gasteiger charge is 2.38. The Morgan fingerprint density at radius 3 is 2.74 bits per heavy atom. The Balaban J connectivity index is 2.06. The van der Waals surface area contributed by atoms with E-state index in [1.165, 1.54) is 6.92 Å². The number of rotatable bonds is 8. The zero-order valence-corrected chi connectivity index (χ0v) is 16.2. The van der Waals surface area contributed by atoms with E-state index in [1.807, 2.05) is 24.3 Å². The van der Waals surface area contributed by atoms with Crippen LogP contribution in [-0.2, 0) is 19.1 Å². The van der Waals surface area contributed by atoms with E-state index in [0.29, 0.717) is 12.5 Å². The maximum Gasteiger partial charge on any atom is 0.312 e. The Morgan fingerprint density at radius 2 is 2.07 bits per heavy atom. The normalized spacial score (nSPS) is 18.7. The summed E-state index contributed by atoms with van der Waals surface area (Å²) < 4.78 is 5.26. The summed E-state index contributed by atoms with van der Waals surface area (Å²) in [6.45, 7) is 9.84. The van der Waals surface area contributed by atoms with E-state index >= 15 is 0 Å². The molecule has 1 aliphatic rings. The quantitative estimate of drug-likeness (QED) is 0.562.